The van der Waals surface area contributed by atoms with Crippen LogP contribution in [0.3, 0.4) is 0 Å². The number of anilines is 1. The molecule has 0 radical (unpaired) electrons. The van der Waals surface area contributed by atoms with E-state index in [1.807, 2.05) is 67.3 Å². The van der Waals surface area contributed by atoms with Crippen LogP contribution in [-0.4, -0.2) is 43.1 Å². The molecule has 4 nitrogen and oxygen atoms in total. The molecule has 0 aliphatic carbocycles. The molecule has 2 aromatic carbocycles. The molecule has 0 bridgehead atoms. The maximum atomic E-state index is 12.6. The van der Waals surface area contributed by atoms with Crippen molar-refractivity contribution >= 4 is 23.2 Å². The Morgan fingerprint density at radius 1 is 1.08 bits per heavy atom. The summed E-state index contributed by atoms with van der Waals surface area (Å²) < 4.78 is 5.79. The van der Waals surface area contributed by atoms with Crippen molar-refractivity contribution in [2.45, 2.75) is 20.0 Å². The van der Waals surface area contributed by atoms with Crippen molar-refractivity contribution in [1.29, 1.82) is 0 Å². The van der Waals surface area contributed by atoms with Crippen LogP contribution in [-0.2, 0) is 4.79 Å². The van der Waals surface area contributed by atoms with Crippen molar-refractivity contribution in [3.8, 4) is 5.75 Å². The Morgan fingerprint density at radius 2 is 1.76 bits per heavy atom. The summed E-state index contributed by atoms with van der Waals surface area (Å²) in [6, 6.07) is 15.6. The molecule has 0 N–H and O–H groups in total. The van der Waals surface area contributed by atoms with E-state index in [2.05, 4.69) is 4.90 Å². The number of nitrogens with zero attached hydrogens (tertiary/aromatic N) is 2. The van der Waals surface area contributed by atoms with E-state index in [1.165, 1.54) is 5.56 Å². The highest BCUT2D eigenvalue weighted by Crippen LogP contribution is 2.21. The maximum Gasteiger partial charge on any atom is 0.263 e. The third-order valence-electron chi connectivity index (χ3n) is 4.45. The fraction of sp³-hybridized carbons (Fsp3) is 0.350. The molecular weight excluding hydrogens is 336 g/mol. The van der Waals surface area contributed by atoms with Crippen LogP contribution in [0, 0.1) is 6.92 Å². The van der Waals surface area contributed by atoms with Gasteiger partial charge in [0.05, 0.1) is 0 Å². The number of amides is 1. The SMILES string of the molecule is Cc1ccc(O[C@@H](C)C(=O)N2CCN(c3cccc(Cl)c3)CC2)cc1. The molecule has 0 aromatic heterocycles. The lowest BCUT2D eigenvalue weighted by molar-refractivity contribution is -0.138. The van der Waals surface area contributed by atoms with E-state index in [4.69, 9.17) is 16.3 Å². The van der Waals surface area contributed by atoms with Gasteiger partial charge >= 0.3 is 0 Å². The summed E-state index contributed by atoms with van der Waals surface area (Å²) in [6.45, 7) is 6.80. The number of rotatable bonds is 4. The molecule has 0 saturated carbocycles. The fourth-order valence-corrected chi connectivity index (χ4v) is 3.17. The Kier molecular flexibility index (Phi) is 5.49. The summed E-state index contributed by atoms with van der Waals surface area (Å²) >= 11 is 6.06. The van der Waals surface area contributed by atoms with Gasteiger partial charge in [0.2, 0.25) is 0 Å². The van der Waals surface area contributed by atoms with Gasteiger partial charge in [0.15, 0.2) is 6.10 Å². The van der Waals surface area contributed by atoms with Crippen LogP contribution in [0.5, 0.6) is 5.75 Å². The number of hydrogen-bond donors (Lipinski definition) is 0. The molecule has 1 aliphatic rings. The van der Waals surface area contributed by atoms with Crippen LogP contribution >= 0.6 is 11.6 Å². The Hall–Kier alpha value is -2.20. The minimum Gasteiger partial charge on any atom is -0.481 e. The van der Waals surface area contributed by atoms with E-state index in [0.29, 0.717) is 13.1 Å². The third kappa shape index (κ3) is 4.45. The average molecular weight is 359 g/mol. The second kappa shape index (κ2) is 7.79. The molecular formula is C20H23ClN2O2. The quantitative estimate of drug-likeness (QED) is 0.834. The molecule has 0 unspecified atom stereocenters. The summed E-state index contributed by atoms with van der Waals surface area (Å²) in [5.41, 5.74) is 2.27. The van der Waals surface area contributed by atoms with E-state index in [0.717, 1.165) is 29.5 Å². The highest BCUT2D eigenvalue weighted by molar-refractivity contribution is 6.30. The Labute approximate surface area is 154 Å². The molecule has 132 valence electrons. The van der Waals surface area contributed by atoms with Gasteiger partial charge in [0.1, 0.15) is 5.75 Å². The smallest absolute Gasteiger partial charge is 0.263 e. The van der Waals surface area contributed by atoms with E-state index in [-0.39, 0.29) is 5.91 Å². The monoisotopic (exact) mass is 358 g/mol. The Morgan fingerprint density at radius 3 is 2.40 bits per heavy atom. The maximum absolute atomic E-state index is 12.6. The largest absolute Gasteiger partial charge is 0.481 e. The molecule has 1 fully saturated rings. The minimum atomic E-state index is -0.486. The summed E-state index contributed by atoms with van der Waals surface area (Å²) in [7, 11) is 0. The van der Waals surface area contributed by atoms with Crippen LogP contribution in [0.15, 0.2) is 48.5 Å². The van der Waals surface area contributed by atoms with Crippen molar-refractivity contribution in [2.75, 3.05) is 31.1 Å². The van der Waals surface area contributed by atoms with E-state index in [1.54, 1.807) is 0 Å². The zero-order chi connectivity index (χ0) is 17.8. The van der Waals surface area contributed by atoms with Crippen molar-refractivity contribution in [3.63, 3.8) is 0 Å². The first-order valence-corrected chi connectivity index (χ1v) is 8.93. The second-order valence-electron chi connectivity index (χ2n) is 6.37. The molecule has 0 spiro atoms. The normalized spacial score (nSPS) is 15.8. The summed E-state index contributed by atoms with van der Waals surface area (Å²) in [5, 5.41) is 0.733. The van der Waals surface area contributed by atoms with Crippen molar-refractivity contribution in [1.82, 2.24) is 4.90 Å². The molecule has 1 heterocycles. The van der Waals surface area contributed by atoms with Crippen LogP contribution in [0.4, 0.5) is 5.69 Å². The van der Waals surface area contributed by atoms with Crippen LogP contribution in [0.2, 0.25) is 5.02 Å². The van der Waals surface area contributed by atoms with Gasteiger partial charge in [-0.05, 0) is 44.2 Å². The topological polar surface area (TPSA) is 32.8 Å². The molecule has 5 heteroatoms. The standard InChI is InChI=1S/C20H23ClN2O2/c1-15-6-8-19(9-7-15)25-16(2)20(24)23-12-10-22(11-13-23)18-5-3-4-17(21)14-18/h3-9,14,16H,10-13H2,1-2H3/t16-/m0/s1. The number of carbonyl (C=O) groups excluding carboxylic acids is 1. The van der Waals surface area contributed by atoms with Gasteiger partial charge in [0.25, 0.3) is 5.91 Å². The van der Waals surface area contributed by atoms with Crippen molar-refractivity contribution in [2.24, 2.45) is 0 Å². The lowest BCUT2D eigenvalue weighted by Gasteiger charge is -2.37. The number of piperazine rings is 1. The third-order valence-corrected chi connectivity index (χ3v) is 4.68. The average Bonchev–Trinajstić information content (AvgIpc) is 2.63. The van der Waals surface area contributed by atoms with Gasteiger partial charge in [-0.15, -0.1) is 0 Å². The second-order valence-corrected chi connectivity index (χ2v) is 6.80. The lowest BCUT2D eigenvalue weighted by atomic mass is 10.2. The van der Waals surface area contributed by atoms with E-state index < -0.39 is 6.10 Å². The highest BCUT2D eigenvalue weighted by atomic mass is 35.5. The van der Waals surface area contributed by atoms with Crippen LogP contribution in [0.25, 0.3) is 0 Å². The van der Waals surface area contributed by atoms with E-state index in [9.17, 15) is 4.79 Å². The van der Waals surface area contributed by atoms with Gasteiger partial charge in [-0.2, -0.15) is 0 Å². The van der Waals surface area contributed by atoms with Gasteiger partial charge in [-0.25, -0.2) is 0 Å². The van der Waals surface area contributed by atoms with E-state index >= 15 is 0 Å². The molecule has 1 aliphatic heterocycles. The molecule has 1 saturated heterocycles. The molecule has 3 rings (SSSR count). The van der Waals surface area contributed by atoms with Crippen molar-refractivity contribution in [3.05, 3.63) is 59.1 Å². The zero-order valence-corrected chi connectivity index (χ0v) is 15.4. The van der Waals surface area contributed by atoms with Gasteiger partial charge in [-0.3, -0.25) is 4.79 Å². The predicted octanol–water partition coefficient (Wildman–Crippen LogP) is 3.76. The van der Waals surface area contributed by atoms with Gasteiger partial charge < -0.3 is 14.5 Å². The molecule has 1 atom stereocenters. The number of ether oxygens (including phenoxy) is 1. The first kappa shape index (κ1) is 17.6. The zero-order valence-electron chi connectivity index (χ0n) is 14.6. The molecule has 1 amide bonds. The number of benzene rings is 2. The minimum absolute atomic E-state index is 0.0336. The summed E-state index contributed by atoms with van der Waals surface area (Å²) in [5.74, 6) is 0.760. The molecule has 2 aromatic rings. The first-order valence-electron chi connectivity index (χ1n) is 8.55. The van der Waals surface area contributed by atoms with Gasteiger partial charge in [0, 0.05) is 36.9 Å². The summed E-state index contributed by atoms with van der Waals surface area (Å²) in [6.07, 6.45) is -0.486. The number of aryl methyl sites for hydroxylation is 1. The number of halogens is 1. The molecule has 25 heavy (non-hydrogen) atoms. The Bertz CT molecular complexity index is 725. The van der Waals surface area contributed by atoms with Crippen LogP contribution in [0.1, 0.15) is 12.5 Å². The van der Waals surface area contributed by atoms with Crippen LogP contribution < -0.4 is 9.64 Å². The number of carbonyl (C=O) groups is 1. The van der Waals surface area contributed by atoms with Gasteiger partial charge in [-0.1, -0.05) is 35.4 Å². The Balaban J connectivity index is 1.54. The number of hydrogen-bond acceptors (Lipinski definition) is 3. The summed E-state index contributed by atoms with van der Waals surface area (Å²) in [4.78, 5) is 16.8. The predicted molar refractivity (Wildman–Crippen MR) is 102 cm³/mol. The first-order chi connectivity index (χ1) is 12.0. The highest BCUT2D eigenvalue weighted by Gasteiger charge is 2.26. The fourth-order valence-electron chi connectivity index (χ4n) is 2.99. The van der Waals surface area contributed by atoms with Crippen molar-refractivity contribution < 1.29 is 9.53 Å². The lowest BCUT2D eigenvalue weighted by Crippen LogP contribution is -2.52.